The second-order valence-electron chi connectivity index (χ2n) is 6.72. The highest BCUT2D eigenvalue weighted by molar-refractivity contribution is 7.90. The van der Waals surface area contributed by atoms with Crippen molar-refractivity contribution in [2.24, 2.45) is 0 Å². The van der Waals surface area contributed by atoms with Crippen LogP contribution < -0.4 is 15.4 Å². The molecule has 2 N–H and O–H groups in total. The molecule has 0 unspecified atom stereocenters. The molecule has 9 nitrogen and oxygen atoms in total. The molecular weight excluding hydrogens is 408 g/mol. The first-order valence-electron chi connectivity index (χ1n) is 9.59. The van der Waals surface area contributed by atoms with Crippen molar-refractivity contribution in [1.82, 2.24) is 14.6 Å². The Morgan fingerprint density at radius 1 is 1.37 bits per heavy atom. The maximum absolute atomic E-state index is 12.9. The molecule has 1 aromatic heterocycles. The van der Waals surface area contributed by atoms with Gasteiger partial charge in [-0.1, -0.05) is 26.0 Å². The number of benzene rings is 1. The summed E-state index contributed by atoms with van der Waals surface area (Å²) in [4.78, 5) is 29.1. The highest BCUT2D eigenvalue weighted by atomic mass is 32.2. The molecule has 0 spiro atoms. The van der Waals surface area contributed by atoms with Crippen LogP contribution in [0.3, 0.4) is 0 Å². The summed E-state index contributed by atoms with van der Waals surface area (Å²) in [5.74, 6) is -0.0437. The minimum Gasteiger partial charge on any atom is -0.489 e. The molecule has 0 saturated heterocycles. The molecule has 3 heterocycles. The number of nitrogens with zero attached hydrogens (tertiary/aromatic N) is 2. The number of anilines is 1. The first-order chi connectivity index (χ1) is 14.3. The maximum Gasteiger partial charge on any atom is 0.336 e. The molecule has 0 radical (unpaired) electrons. The third-order valence-electron chi connectivity index (χ3n) is 4.60. The minimum absolute atomic E-state index is 0. The first-order valence-corrected chi connectivity index (χ1v) is 11.0. The summed E-state index contributed by atoms with van der Waals surface area (Å²) in [6.45, 7) is 7.06. The molecule has 0 fully saturated rings. The van der Waals surface area contributed by atoms with Gasteiger partial charge in [-0.2, -0.15) is 0 Å². The fraction of sp³-hybridized carbons (Fsp3) is 0.350. The van der Waals surface area contributed by atoms with Crippen LogP contribution in [0.2, 0.25) is 0 Å². The van der Waals surface area contributed by atoms with Crippen LogP contribution in [0.1, 0.15) is 39.6 Å². The summed E-state index contributed by atoms with van der Waals surface area (Å²) in [6.07, 6.45) is 1.66. The number of fused-ring (bicyclic) bond motifs is 2. The lowest BCUT2D eigenvalue weighted by Gasteiger charge is -2.29. The molecule has 0 bridgehead atoms. The summed E-state index contributed by atoms with van der Waals surface area (Å²) < 4.78 is 31.8. The molecule has 0 saturated carbocycles. The number of ether oxygens (including phenoxy) is 1. The molecule has 3 amide bonds. The van der Waals surface area contributed by atoms with Crippen LogP contribution in [0, 0.1) is 13.8 Å². The van der Waals surface area contributed by atoms with E-state index >= 15 is 0 Å². The lowest BCUT2D eigenvalue weighted by molar-refractivity contribution is -0.121. The highest BCUT2D eigenvalue weighted by Crippen LogP contribution is 2.33. The number of urea groups is 1. The number of pyridine rings is 1. The van der Waals surface area contributed by atoms with E-state index in [-0.39, 0.29) is 20.0 Å². The number of carbonyl (C=O) groups excluding carboxylic acids is 2. The van der Waals surface area contributed by atoms with Crippen molar-refractivity contribution in [3.05, 3.63) is 47.3 Å². The fourth-order valence-corrected chi connectivity index (χ4v) is 4.95. The van der Waals surface area contributed by atoms with Crippen molar-refractivity contribution in [3.63, 3.8) is 0 Å². The molecule has 1 aromatic carbocycles. The lowest BCUT2D eigenvalue weighted by atomic mass is 10.2. The van der Waals surface area contributed by atoms with E-state index in [0.29, 0.717) is 21.3 Å². The molecule has 4 rings (SSSR count). The average Bonchev–Trinajstić information content (AvgIpc) is 3.08. The van der Waals surface area contributed by atoms with Gasteiger partial charge in [0.05, 0.1) is 5.69 Å². The van der Waals surface area contributed by atoms with Crippen molar-refractivity contribution in [2.45, 2.75) is 38.6 Å². The number of hydrogen-bond acceptors (Lipinski definition) is 6. The lowest BCUT2D eigenvalue weighted by Crippen LogP contribution is -2.49. The second-order valence-corrected chi connectivity index (χ2v) is 8.52. The van der Waals surface area contributed by atoms with Gasteiger partial charge in [-0.25, -0.2) is 17.5 Å². The summed E-state index contributed by atoms with van der Waals surface area (Å²) in [7, 11) is -4.14. The number of hydrogen-bond donors (Lipinski definition) is 2. The zero-order valence-corrected chi connectivity index (χ0v) is 18.0. The van der Waals surface area contributed by atoms with Gasteiger partial charge < -0.3 is 15.4 Å². The van der Waals surface area contributed by atoms with Gasteiger partial charge in [0.1, 0.15) is 35.5 Å². The molecule has 1 atom stereocenters. The van der Waals surface area contributed by atoms with Gasteiger partial charge in [-0.15, -0.1) is 0 Å². The third kappa shape index (κ3) is 3.82. The Morgan fingerprint density at radius 2 is 2.10 bits per heavy atom. The molecule has 2 aliphatic heterocycles. The van der Waals surface area contributed by atoms with E-state index in [1.54, 1.807) is 25.3 Å². The van der Waals surface area contributed by atoms with Gasteiger partial charge in [-0.05, 0) is 37.1 Å². The van der Waals surface area contributed by atoms with Gasteiger partial charge >= 0.3 is 6.03 Å². The predicted octanol–water partition coefficient (Wildman–Crippen LogP) is 3.00. The van der Waals surface area contributed by atoms with Crippen LogP contribution in [0.15, 0.2) is 35.4 Å². The van der Waals surface area contributed by atoms with Crippen LogP contribution >= 0.6 is 0 Å². The van der Waals surface area contributed by atoms with Gasteiger partial charge in [0, 0.05) is 9.05 Å². The number of rotatable bonds is 3. The van der Waals surface area contributed by atoms with Crippen molar-refractivity contribution < 1.29 is 25.6 Å². The van der Waals surface area contributed by atoms with Crippen LogP contribution in [0.25, 0.3) is 0 Å². The Balaban J connectivity index is 0.00000125. The quantitative estimate of drug-likeness (QED) is 0.764. The molecule has 0 aliphatic carbocycles. The summed E-state index contributed by atoms with van der Waals surface area (Å²) >= 11 is 0. The topological polar surface area (TPSA) is 118 Å². The minimum atomic E-state index is -4.14. The highest BCUT2D eigenvalue weighted by Gasteiger charge is 2.39. The van der Waals surface area contributed by atoms with Crippen LogP contribution in [-0.2, 0) is 14.8 Å². The summed E-state index contributed by atoms with van der Waals surface area (Å²) in [6, 6.07) is 5.23. The maximum atomic E-state index is 12.9. The van der Waals surface area contributed by atoms with E-state index in [2.05, 4.69) is 15.6 Å². The zero-order valence-electron chi connectivity index (χ0n) is 17.2. The van der Waals surface area contributed by atoms with Gasteiger partial charge in [0.2, 0.25) is 5.91 Å². The van der Waals surface area contributed by atoms with Gasteiger partial charge in [0.15, 0.2) is 0 Å². The number of aromatic nitrogens is 1. The van der Waals surface area contributed by atoms with E-state index in [4.69, 9.17) is 4.74 Å². The Kier molecular flexibility index (Phi) is 5.97. The molecule has 10 heteroatoms. The molecular formula is C20H28N4O5S. The Morgan fingerprint density at radius 3 is 2.83 bits per heavy atom. The first kappa shape index (κ1) is 21.6. The average molecular weight is 437 g/mol. The van der Waals surface area contributed by atoms with E-state index in [0.717, 1.165) is 5.56 Å². The van der Waals surface area contributed by atoms with Crippen LogP contribution in [0.4, 0.5) is 10.5 Å². The molecule has 164 valence electrons. The number of amides is 3. The standard InChI is InChI=1S/C18H18N4O5S.C2H6.2H2/c1-10-6-14-16(19-7-10)13(9-27-14)20-15(23)8-22-18(24)21-12-5-3-4-11(2)17(12)28(22,25)26;1-2;;/h3-7,13H,8-9H2,1-2H3,(H,20,23)(H,21,24);1-2H3;2*1H/t13-;;;/m1.../s1. The van der Waals surface area contributed by atoms with E-state index in [9.17, 15) is 18.0 Å². The normalized spacial score (nSPS) is 18.2. The molecule has 2 aliphatic rings. The largest absolute Gasteiger partial charge is 0.489 e. The molecule has 30 heavy (non-hydrogen) atoms. The Hall–Kier alpha value is -3.14. The second kappa shape index (κ2) is 8.31. The predicted molar refractivity (Wildman–Crippen MR) is 115 cm³/mol. The number of nitrogens with one attached hydrogen (secondary N) is 2. The molecule has 2 aromatic rings. The number of aryl methyl sites for hydroxylation is 2. The summed E-state index contributed by atoms with van der Waals surface area (Å²) in [5.41, 5.74) is 2.20. The third-order valence-corrected chi connectivity index (χ3v) is 6.54. The number of sulfonamides is 1. The van der Waals surface area contributed by atoms with Gasteiger partial charge in [0.25, 0.3) is 10.0 Å². The van der Waals surface area contributed by atoms with Crippen molar-refractivity contribution >= 4 is 27.6 Å². The van der Waals surface area contributed by atoms with Crippen molar-refractivity contribution in [1.29, 1.82) is 0 Å². The van der Waals surface area contributed by atoms with E-state index in [1.807, 2.05) is 26.8 Å². The number of carbonyl (C=O) groups is 2. The van der Waals surface area contributed by atoms with Crippen molar-refractivity contribution in [2.75, 3.05) is 18.5 Å². The fourth-order valence-electron chi connectivity index (χ4n) is 3.31. The monoisotopic (exact) mass is 436 g/mol. The Bertz CT molecular complexity index is 1110. The van der Waals surface area contributed by atoms with E-state index < -0.39 is 34.5 Å². The van der Waals surface area contributed by atoms with Crippen molar-refractivity contribution in [3.8, 4) is 5.75 Å². The smallest absolute Gasteiger partial charge is 0.336 e. The Labute approximate surface area is 178 Å². The SMILES string of the molecule is CC.Cc1cnc2c(c1)OC[C@H]2NC(=O)CN1C(=O)Nc2cccc(C)c2S1(=O)=O.[HH].[HH]. The zero-order chi connectivity index (χ0) is 22.1. The van der Waals surface area contributed by atoms with Crippen LogP contribution in [-0.4, -0.2) is 42.8 Å². The summed E-state index contributed by atoms with van der Waals surface area (Å²) in [5, 5.41) is 5.20. The van der Waals surface area contributed by atoms with Gasteiger partial charge in [-0.3, -0.25) is 9.78 Å². The van der Waals surface area contributed by atoms with E-state index in [1.165, 1.54) is 6.07 Å². The van der Waals surface area contributed by atoms with Crippen LogP contribution in [0.5, 0.6) is 5.75 Å².